The van der Waals surface area contributed by atoms with Crippen LogP contribution >= 0.6 is 11.8 Å². The number of nitrogens with one attached hydrogen (secondary N) is 2. The summed E-state index contributed by atoms with van der Waals surface area (Å²) >= 11 is 1.76. The molecule has 5 heteroatoms. The summed E-state index contributed by atoms with van der Waals surface area (Å²) in [4.78, 5) is 12.1. The summed E-state index contributed by atoms with van der Waals surface area (Å²) in [5.41, 5.74) is 0. The number of thioether (sulfide) groups is 1. The van der Waals surface area contributed by atoms with Crippen molar-refractivity contribution in [1.29, 1.82) is 0 Å². The Balaban J connectivity index is 2.40. The highest BCUT2D eigenvalue weighted by Gasteiger charge is 2.34. The van der Waals surface area contributed by atoms with Crippen molar-refractivity contribution < 1.29 is 9.53 Å². The molecule has 0 saturated carbocycles. The Labute approximate surface area is 115 Å². The van der Waals surface area contributed by atoms with Crippen molar-refractivity contribution in [1.82, 2.24) is 10.6 Å². The SMILES string of the molecule is CCCNC1COCC1C(=O)NCC(C)(C)SC. The molecule has 4 nitrogen and oxygen atoms in total. The number of carbonyl (C=O) groups is 1. The van der Waals surface area contributed by atoms with E-state index in [-0.39, 0.29) is 22.6 Å². The van der Waals surface area contributed by atoms with Gasteiger partial charge in [-0.15, -0.1) is 0 Å². The third kappa shape index (κ3) is 4.78. The standard InChI is InChI=1S/C13H26N2O2S/c1-5-6-14-11-8-17-7-10(11)12(16)15-9-13(2,3)18-4/h10-11,14H,5-9H2,1-4H3,(H,15,16). The van der Waals surface area contributed by atoms with Crippen molar-refractivity contribution in [2.75, 3.05) is 32.6 Å². The molecule has 1 saturated heterocycles. The Hall–Kier alpha value is -0.260. The first kappa shape index (κ1) is 15.8. The Morgan fingerprint density at radius 1 is 1.44 bits per heavy atom. The first-order valence-electron chi connectivity index (χ1n) is 6.64. The van der Waals surface area contributed by atoms with Crippen LogP contribution in [0, 0.1) is 5.92 Å². The van der Waals surface area contributed by atoms with Crippen molar-refractivity contribution in [3.63, 3.8) is 0 Å². The lowest BCUT2D eigenvalue weighted by atomic mass is 10.0. The monoisotopic (exact) mass is 274 g/mol. The fourth-order valence-corrected chi connectivity index (χ4v) is 2.06. The molecule has 18 heavy (non-hydrogen) atoms. The summed E-state index contributed by atoms with van der Waals surface area (Å²) in [6.07, 6.45) is 3.14. The molecule has 1 aliphatic rings. The van der Waals surface area contributed by atoms with Gasteiger partial charge in [0.1, 0.15) is 0 Å². The summed E-state index contributed by atoms with van der Waals surface area (Å²) in [6.45, 7) is 9.21. The van der Waals surface area contributed by atoms with Crippen LogP contribution in [0.1, 0.15) is 27.2 Å². The van der Waals surface area contributed by atoms with Gasteiger partial charge in [0, 0.05) is 17.3 Å². The predicted molar refractivity (Wildman–Crippen MR) is 77.0 cm³/mol. The number of ether oxygens (including phenoxy) is 1. The van der Waals surface area contributed by atoms with Gasteiger partial charge in [0.05, 0.1) is 19.1 Å². The first-order valence-corrected chi connectivity index (χ1v) is 7.86. The number of carbonyl (C=O) groups excluding carboxylic acids is 1. The highest BCUT2D eigenvalue weighted by atomic mass is 32.2. The minimum atomic E-state index is -0.0470. The molecule has 0 spiro atoms. The maximum Gasteiger partial charge on any atom is 0.227 e. The Bertz CT molecular complexity index is 272. The van der Waals surface area contributed by atoms with E-state index in [0.29, 0.717) is 19.8 Å². The molecule has 1 amide bonds. The molecule has 2 atom stereocenters. The second-order valence-corrected chi connectivity index (χ2v) is 6.90. The van der Waals surface area contributed by atoms with Crippen molar-refractivity contribution in [2.24, 2.45) is 5.92 Å². The molecule has 0 aliphatic carbocycles. The van der Waals surface area contributed by atoms with E-state index in [2.05, 4.69) is 37.7 Å². The second-order valence-electron chi connectivity index (χ2n) is 5.39. The Morgan fingerprint density at radius 2 is 2.17 bits per heavy atom. The zero-order valence-electron chi connectivity index (χ0n) is 11.9. The van der Waals surface area contributed by atoms with Crippen LogP contribution in [-0.4, -0.2) is 49.3 Å². The third-order valence-corrected chi connectivity index (χ3v) is 4.56. The average molecular weight is 274 g/mol. The summed E-state index contributed by atoms with van der Waals surface area (Å²) < 4.78 is 5.50. The van der Waals surface area contributed by atoms with Crippen molar-refractivity contribution in [3.8, 4) is 0 Å². The number of amides is 1. The van der Waals surface area contributed by atoms with Gasteiger partial charge >= 0.3 is 0 Å². The van der Waals surface area contributed by atoms with Gasteiger partial charge in [-0.3, -0.25) is 4.79 Å². The topological polar surface area (TPSA) is 50.4 Å². The van der Waals surface area contributed by atoms with Crippen molar-refractivity contribution >= 4 is 17.7 Å². The summed E-state index contributed by atoms with van der Waals surface area (Å²) in [5.74, 6) is 0.0671. The molecular weight excluding hydrogens is 248 g/mol. The molecular formula is C13H26N2O2S. The molecule has 0 aromatic rings. The summed E-state index contributed by atoms with van der Waals surface area (Å²) in [6, 6.07) is 0.169. The van der Waals surface area contributed by atoms with E-state index in [1.165, 1.54) is 0 Å². The lowest BCUT2D eigenvalue weighted by Gasteiger charge is -2.24. The van der Waals surface area contributed by atoms with Crippen LogP contribution in [0.5, 0.6) is 0 Å². The molecule has 106 valence electrons. The van der Waals surface area contributed by atoms with Gasteiger partial charge in [-0.05, 0) is 33.1 Å². The van der Waals surface area contributed by atoms with E-state index in [1.54, 1.807) is 11.8 Å². The molecule has 1 aliphatic heterocycles. The maximum absolute atomic E-state index is 12.1. The minimum absolute atomic E-state index is 0.0470. The first-order chi connectivity index (χ1) is 8.50. The van der Waals surface area contributed by atoms with Crippen LogP contribution in [0.4, 0.5) is 0 Å². The number of hydrogen-bond acceptors (Lipinski definition) is 4. The van der Waals surface area contributed by atoms with Gasteiger partial charge in [-0.1, -0.05) is 6.92 Å². The summed E-state index contributed by atoms with van der Waals surface area (Å²) in [5, 5.41) is 6.42. The lowest BCUT2D eigenvalue weighted by molar-refractivity contribution is -0.125. The molecule has 2 unspecified atom stereocenters. The highest BCUT2D eigenvalue weighted by molar-refractivity contribution is 7.99. The average Bonchev–Trinajstić information content (AvgIpc) is 2.82. The Morgan fingerprint density at radius 3 is 2.78 bits per heavy atom. The largest absolute Gasteiger partial charge is 0.379 e. The van der Waals surface area contributed by atoms with Crippen LogP contribution in [0.15, 0.2) is 0 Å². The van der Waals surface area contributed by atoms with Crippen LogP contribution in [0.2, 0.25) is 0 Å². The lowest BCUT2D eigenvalue weighted by Crippen LogP contribution is -2.46. The van der Waals surface area contributed by atoms with E-state index in [4.69, 9.17) is 4.74 Å². The molecule has 2 N–H and O–H groups in total. The smallest absolute Gasteiger partial charge is 0.227 e. The van der Waals surface area contributed by atoms with Gasteiger partial charge < -0.3 is 15.4 Å². The van der Waals surface area contributed by atoms with Gasteiger partial charge in [0.15, 0.2) is 0 Å². The maximum atomic E-state index is 12.1. The third-order valence-electron chi connectivity index (χ3n) is 3.31. The normalized spacial score (nSPS) is 24.2. The summed E-state index contributed by atoms with van der Waals surface area (Å²) in [7, 11) is 0. The molecule has 1 rings (SSSR count). The minimum Gasteiger partial charge on any atom is -0.379 e. The fraction of sp³-hybridized carbons (Fsp3) is 0.923. The second kappa shape index (κ2) is 7.36. The highest BCUT2D eigenvalue weighted by Crippen LogP contribution is 2.20. The van der Waals surface area contributed by atoms with E-state index in [9.17, 15) is 4.79 Å². The quantitative estimate of drug-likeness (QED) is 0.734. The zero-order chi connectivity index (χ0) is 13.6. The molecule has 1 fully saturated rings. The van der Waals surface area contributed by atoms with Gasteiger partial charge in [0.2, 0.25) is 5.91 Å². The van der Waals surface area contributed by atoms with Gasteiger partial charge in [-0.2, -0.15) is 11.8 Å². The van der Waals surface area contributed by atoms with E-state index < -0.39 is 0 Å². The zero-order valence-corrected chi connectivity index (χ0v) is 12.7. The van der Waals surface area contributed by atoms with Crippen LogP contribution in [-0.2, 0) is 9.53 Å². The van der Waals surface area contributed by atoms with Gasteiger partial charge in [0.25, 0.3) is 0 Å². The van der Waals surface area contributed by atoms with Crippen LogP contribution in [0.3, 0.4) is 0 Å². The Kier molecular flexibility index (Phi) is 6.46. The van der Waals surface area contributed by atoms with Crippen molar-refractivity contribution in [3.05, 3.63) is 0 Å². The van der Waals surface area contributed by atoms with Crippen LogP contribution in [0.25, 0.3) is 0 Å². The molecule has 0 aromatic heterocycles. The molecule has 1 heterocycles. The van der Waals surface area contributed by atoms with Gasteiger partial charge in [-0.25, -0.2) is 0 Å². The van der Waals surface area contributed by atoms with E-state index >= 15 is 0 Å². The fourth-order valence-electron chi connectivity index (χ4n) is 1.85. The number of rotatable bonds is 7. The van der Waals surface area contributed by atoms with Crippen molar-refractivity contribution in [2.45, 2.75) is 38.0 Å². The molecule has 0 aromatic carbocycles. The van der Waals surface area contributed by atoms with E-state index in [0.717, 1.165) is 13.0 Å². The molecule has 0 bridgehead atoms. The molecule has 0 radical (unpaired) electrons. The van der Waals surface area contributed by atoms with E-state index in [1.807, 2.05) is 0 Å². The predicted octanol–water partition coefficient (Wildman–Crippen LogP) is 1.26. The van der Waals surface area contributed by atoms with Crippen LogP contribution < -0.4 is 10.6 Å². The number of hydrogen-bond donors (Lipinski definition) is 2.